The molecule has 1 amide bonds. The minimum absolute atomic E-state index is 0.119. The fraction of sp³-hybridized carbons (Fsp3) is 0.333. The molecule has 0 spiro atoms. The number of sulfonamides is 1. The summed E-state index contributed by atoms with van der Waals surface area (Å²) in [6.45, 7) is 4.44. The van der Waals surface area contributed by atoms with Gasteiger partial charge in [0.05, 0.1) is 42.4 Å². The number of nitrogens with one attached hydrogen (secondary N) is 1. The molecule has 30 heavy (non-hydrogen) atoms. The van der Waals surface area contributed by atoms with Gasteiger partial charge in [-0.2, -0.15) is 9.40 Å². The Bertz CT molecular complexity index is 1130. The van der Waals surface area contributed by atoms with Crippen molar-refractivity contribution >= 4 is 15.9 Å². The summed E-state index contributed by atoms with van der Waals surface area (Å²) in [6.07, 6.45) is 3.30. The molecule has 1 N–H and O–H groups in total. The minimum Gasteiger partial charge on any atom is -0.467 e. The van der Waals surface area contributed by atoms with E-state index in [2.05, 4.69) is 10.4 Å². The van der Waals surface area contributed by atoms with Crippen molar-refractivity contribution in [2.24, 2.45) is 0 Å². The summed E-state index contributed by atoms with van der Waals surface area (Å²) < 4.78 is 35.0. The average Bonchev–Trinajstić information content (AvgIpc) is 3.37. The monoisotopic (exact) mass is 428 g/mol. The number of rotatable bonds is 6. The van der Waals surface area contributed by atoms with E-state index in [1.54, 1.807) is 47.5 Å². The second kappa shape index (κ2) is 8.08. The Morgan fingerprint density at radius 3 is 2.70 bits per heavy atom. The van der Waals surface area contributed by atoms with Crippen molar-refractivity contribution in [1.29, 1.82) is 0 Å². The van der Waals surface area contributed by atoms with Gasteiger partial charge in [0.1, 0.15) is 5.76 Å². The van der Waals surface area contributed by atoms with E-state index in [-0.39, 0.29) is 42.9 Å². The van der Waals surface area contributed by atoms with Gasteiger partial charge in [0.15, 0.2) is 0 Å². The highest BCUT2D eigenvalue weighted by molar-refractivity contribution is 7.89. The molecular formula is C21H24N4O4S. The summed E-state index contributed by atoms with van der Waals surface area (Å²) in [7, 11) is -3.70. The fourth-order valence-corrected chi connectivity index (χ4v) is 5.44. The predicted octanol–water partition coefficient (Wildman–Crippen LogP) is 2.55. The van der Waals surface area contributed by atoms with E-state index >= 15 is 0 Å². The summed E-state index contributed by atoms with van der Waals surface area (Å²) in [5.41, 5.74) is 2.55. The van der Waals surface area contributed by atoms with Gasteiger partial charge in [0, 0.05) is 12.7 Å². The number of aromatic nitrogens is 2. The molecule has 3 aromatic rings. The zero-order valence-electron chi connectivity index (χ0n) is 16.9. The van der Waals surface area contributed by atoms with Gasteiger partial charge < -0.3 is 9.73 Å². The van der Waals surface area contributed by atoms with E-state index in [4.69, 9.17) is 4.42 Å². The number of nitrogens with zero attached hydrogens (tertiary/aromatic N) is 3. The predicted molar refractivity (Wildman–Crippen MR) is 110 cm³/mol. The second-order valence-corrected chi connectivity index (χ2v) is 9.54. The van der Waals surface area contributed by atoms with Crippen LogP contribution in [0.4, 0.5) is 0 Å². The van der Waals surface area contributed by atoms with E-state index < -0.39 is 10.0 Å². The smallest absolute Gasteiger partial charge is 0.243 e. The normalized spacial score (nSPS) is 16.9. The Balaban J connectivity index is 1.53. The minimum atomic E-state index is -3.70. The van der Waals surface area contributed by atoms with Crippen LogP contribution in [0.15, 0.2) is 58.2 Å². The number of fused-ring (bicyclic) bond motifs is 1. The molecule has 0 radical (unpaired) electrons. The van der Waals surface area contributed by atoms with Crippen LogP contribution in [0.2, 0.25) is 0 Å². The Hall–Kier alpha value is -2.91. The van der Waals surface area contributed by atoms with Crippen molar-refractivity contribution < 1.29 is 17.6 Å². The van der Waals surface area contributed by atoms with Gasteiger partial charge in [0.2, 0.25) is 15.9 Å². The standard InChI is InChI=1S/C21H24N4O4S/c1-15-8-16(2)10-20(9-15)30(27,28)24-13-17-5-6-23-25(17)18(14-24)11-21(26)22-12-19-4-3-7-29-19/h3-10,18H,11-14H2,1-2H3,(H,22,26)/t18-/m1/s1. The lowest BCUT2D eigenvalue weighted by molar-refractivity contribution is -0.122. The number of hydrogen-bond acceptors (Lipinski definition) is 5. The average molecular weight is 429 g/mol. The molecule has 8 nitrogen and oxygen atoms in total. The zero-order valence-corrected chi connectivity index (χ0v) is 17.7. The van der Waals surface area contributed by atoms with Gasteiger partial charge in [-0.1, -0.05) is 6.07 Å². The second-order valence-electron chi connectivity index (χ2n) is 7.60. The van der Waals surface area contributed by atoms with Gasteiger partial charge in [-0.3, -0.25) is 9.48 Å². The summed E-state index contributed by atoms with van der Waals surface area (Å²) >= 11 is 0. The van der Waals surface area contributed by atoms with E-state index in [0.717, 1.165) is 16.8 Å². The molecule has 0 saturated carbocycles. The van der Waals surface area contributed by atoms with E-state index in [9.17, 15) is 13.2 Å². The van der Waals surface area contributed by atoms with Crippen molar-refractivity contribution in [1.82, 2.24) is 19.4 Å². The maximum absolute atomic E-state index is 13.3. The van der Waals surface area contributed by atoms with Gasteiger partial charge in [-0.05, 0) is 55.3 Å². The van der Waals surface area contributed by atoms with Gasteiger partial charge in [0.25, 0.3) is 0 Å². The molecule has 0 bridgehead atoms. The first-order valence-corrected chi connectivity index (χ1v) is 11.2. The number of amides is 1. The van der Waals surface area contributed by atoms with Crippen molar-refractivity contribution in [2.45, 2.75) is 44.3 Å². The van der Waals surface area contributed by atoms with Crippen molar-refractivity contribution in [2.75, 3.05) is 6.54 Å². The molecule has 1 atom stereocenters. The number of aryl methyl sites for hydroxylation is 2. The highest BCUT2D eigenvalue weighted by atomic mass is 32.2. The summed E-state index contributed by atoms with van der Waals surface area (Å²) in [5.74, 6) is 0.467. The Kier molecular flexibility index (Phi) is 5.48. The molecule has 1 aliphatic rings. The third kappa shape index (κ3) is 4.17. The van der Waals surface area contributed by atoms with Crippen LogP contribution in [0.1, 0.15) is 35.0 Å². The van der Waals surface area contributed by atoms with Crippen molar-refractivity contribution in [3.8, 4) is 0 Å². The fourth-order valence-electron chi connectivity index (χ4n) is 3.80. The van der Waals surface area contributed by atoms with E-state index in [1.807, 2.05) is 19.9 Å². The van der Waals surface area contributed by atoms with Crippen LogP contribution >= 0.6 is 0 Å². The Labute approximate surface area is 175 Å². The summed E-state index contributed by atoms with van der Waals surface area (Å²) in [4.78, 5) is 12.8. The lowest BCUT2D eigenvalue weighted by atomic mass is 10.1. The van der Waals surface area contributed by atoms with Gasteiger partial charge in [-0.25, -0.2) is 8.42 Å². The zero-order chi connectivity index (χ0) is 21.3. The molecule has 0 fully saturated rings. The molecule has 2 aromatic heterocycles. The Morgan fingerprint density at radius 1 is 1.23 bits per heavy atom. The SMILES string of the molecule is Cc1cc(C)cc(S(=O)(=O)N2Cc3ccnn3[C@H](CC(=O)NCc3ccco3)C2)c1. The molecule has 1 aliphatic heterocycles. The lowest BCUT2D eigenvalue weighted by Crippen LogP contribution is -2.42. The number of benzene rings is 1. The molecule has 3 heterocycles. The molecule has 0 aliphatic carbocycles. The van der Waals surface area contributed by atoms with Crippen molar-refractivity contribution in [3.05, 3.63) is 71.4 Å². The van der Waals surface area contributed by atoms with Crippen molar-refractivity contribution in [3.63, 3.8) is 0 Å². The topological polar surface area (TPSA) is 97.4 Å². The first kappa shape index (κ1) is 20.4. The molecule has 1 aromatic carbocycles. The highest BCUT2D eigenvalue weighted by Gasteiger charge is 2.34. The van der Waals surface area contributed by atoms with E-state index in [1.165, 1.54) is 4.31 Å². The van der Waals surface area contributed by atoms with Gasteiger partial charge >= 0.3 is 0 Å². The van der Waals surface area contributed by atoms with Crippen LogP contribution in [0.5, 0.6) is 0 Å². The first-order chi connectivity index (χ1) is 14.3. The third-order valence-electron chi connectivity index (χ3n) is 5.14. The number of carbonyl (C=O) groups excluding carboxylic acids is 1. The molecule has 9 heteroatoms. The van der Waals surface area contributed by atoms with Crippen LogP contribution < -0.4 is 5.32 Å². The van der Waals surface area contributed by atoms with Crippen LogP contribution in [-0.2, 0) is 27.9 Å². The van der Waals surface area contributed by atoms with Crippen LogP contribution in [0.3, 0.4) is 0 Å². The third-order valence-corrected chi connectivity index (χ3v) is 6.93. The van der Waals surface area contributed by atoms with Crippen LogP contribution in [-0.4, -0.2) is 35.0 Å². The number of hydrogen-bond donors (Lipinski definition) is 1. The van der Waals surface area contributed by atoms with E-state index in [0.29, 0.717) is 5.76 Å². The lowest BCUT2D eigenvalue weighted by Gasteiger charge is -2.33. The summed E-state index contributed by atoms with van der Waals surface area (Å²) in [5, 5.41) is 7.13. The molecular weight excluding hydrogens is 404 g/mol. The largest absolute Gasteiger partial charge is 0.467 e. The maximum Gasteiger partial charge on any atom is 0.243 e. The molecule has 0 saturated heterocycles. The highest BCUT2D eigenvalue weighted by Crippen LogP contribution is 2.28. The maximum atomic E-state index is 13.3. The van der Waals surface area contributed by atoms with Crippen LogP contribution in [0, 0.1) is 13.8 Å². The first-order valence-electron chi connectivity index (χ1n) is 9.73. The van der Waals surface area contributed by atoms with Crippen LogP contribution in [0.25, 0.3) is 0 Å². The molecule has 158 valence electrons. The molecule has 0 unspecified atom stereocenters. The number of furan rings is 1. The Morgan fingerprint density at radius 2 is 2.00 bits per heavy atom. The summed E-state index contributed by atoms with van der Waals surface area (Å²) in [6, 6.07) is 10.2. The number of carbonyl (C=O) groups is 1. The quantitative estimate of drug-likeness (QED) is 0.651. The molecule has 4 rings (SSSR count). The van der Waals surface area contributed by atoms with Gasteiger partial charge in [-0.15, -0.1) is 0 Å².